The number of hydrogen-bond donors (Lipinski definition) is 2. The molecular formula is C18H28N2O2. The molecule has 122 valence electrons. The van der Waals surface area contributed by atoms with Crippen LogP contribution in [0.25, 0.3) is 0 Å². The van der Waals surface area contributed by atoms with Gasteiger partial charge in [-0.2, -0.15) is 0 Å². The summed E-state index contributed by atoms with van der Waals surface area (Å²) in [5.74, 6) is 0.137. The third kappa shape index (κ3) is 5.43. The van der Waals surface area contributed by atoms with Crippen molar-refractivity contribution in [2.24, 2.45) is 0 Å². The SMILES string of the molecule is CNCCCC(=O)NCCCOC1CCCc2ccccc21. The normalized spacial score (nSPS) is 17.0. The lowest BCUT2D eigenvalue weighted by molar-refractivity contribution is -0.121. The average molecular weight is 304 g/mol. The molecule has 0 spiro atoms. The van der Waals surface area contributed by atoms with Crippen LogP contribution in [0.2, 0.25) is 0 Å². The first-order valence-electron chi connectivity index (χ1n) is 8.42. The highest BCUT2D eigenvalue weighted by Crippen LogP contribution is 2.32. The standard InChI is InChI=1S/C18H28N2O2/c1-19-12-5-11-18(21)20-13-6-14-22-17-10-4-8-15-7-2-3-9-16(15)17/h2-3,7,9,17,19H,4-6,8,10-14H2,1H3,(H,20,21). The molecule has 0 saturated heterocycles. The Labute approximate surface area is 133 Å². The maximum Gasteiger partial charge on any atom is 0.220 e. The van der Waals surface area contributed by atoms with E-state index < -0.39 is 0 Å². The van der Waals surface area contributed by atoms with Gasteiger partial charge in [0.2, 0.25) is 5.91 Å². The molecule has 0 radical (unpaired) electrons. The van der Waals surface area contributed by atoms with Gasteiger partial charge in [0, 0.05) is 19.6 Å². The summed E-state index contributed by atoms with van der Waals surface area (Å²) < 4.78 is 6.03. The monoisotopic (exact) mass is 304 g/mol. The van der Waals surface area contributed by atoms with Crippen LogP contribution >= 0.6 is 0 Å². The Bertz CT molecular complexity index is 462. The Kier molecular flexibility index (Phi) is 7.40. The number of fused-ring (bicyclic) bond motifs is 1. The van der Waals surface area contributed by atoms with Gasteiger partial charge in [0.15, 0.2) is 0 Å². The Morgan fingerprint density at radius 2 is 2.14 bits per heavy atom. The van der Waals surface area contributed by atoms with Crippen LogP contribution in [0.15, 0.2) is 24.3 Å². The zero-order chi connectivity index (χ0) is 15.6. The molecule has 1 aromatic rings. The molecule has 1 aliphatic carbocycles. The van der Waals surface area contributed by atoms with Crippen LogP contribution in [0.1, 0.15) is 49.3 Å². The zero-order valence-electron chi connectivity index (χ0n) is 13.6. The molecule has 2 N–H and O–H groups in total. The van der Waals surface area contributed by atoms with E-state index in [2.05, 4.69) is 34.9 Å². The minimum atomic E-state index is 0.137. The summed E-state index contributed by atoms with van der Waals surface area (Å²) in [5.41, 5.74) is 2.78. The summed E-state index contributed by atoms with van der Waals surface area (Å²) in [7, 11) is 1.90. The van der Waals surface area contributed by atoms with Gasteiger partial charge in [-0.25, -0.2) is 0 Å². The molecule has 1 amide bonds. The highest BCUT2D eigenvalue weighted by molar-refractivity contribution is 5.75. The molecule has 0 saturated carbocycles. The van der Waals surface area contributed by atoms with E-state index in [1.807, 2.05) is 7.05 Å². The lowest BCUT2D eigenvalue weighted by atomic mass is 9.89. The summed E-state index contributed by atoms with van der Waals surface area (Å²) in [5, 5.41) is 6.00. The summed E-state index contributed by atoms with van der Waals surface area (Å²) in [4.78, 5) is 11.6. The fourth-order valence-corrected chi connectivity index (χ4v) is 2.92. The lowest BCUT2D eigenvalue weighted by Crippen LogP contribution is -2.26. The number of amides is 1. The smallest absolute Gasteiger partial charge is 0.220 e. The molecule has 0 aliphatic heterocycles. The number of benzene rings is 1. The maximum absolute atomic E-state index is 11.6. The van der Waals surface area contributed by atoms with Crippen LogP contribution in [0, 0.1) is 0 Å². The van der Waals surface area contributed by atoms with Crippen molar-refractivity contribution in [1.82, 2.24) is 10.6 Å². The summed E-state index contributed by atoms with van der Waals surface area (Å²) in [6.45, 7) is 2.29. The number of carbonyl (C=O) groups excluding carboxylic acids is 1. The van der Waals surface area contributed by atoms with Crippen molar-refractivity contribution in [3.63, 3.8) is 0 Å². The second-order valence-electron chi connectivity index (χ2n) is 5.86. The number of rotatable bonds is 9. The van der Waals surface area contributed by atoms with Gasteiger partial charge in [0.05, 0.1) is 6.10 Å². The second kappa shape index (κ2) is 9.59. The summed E-state index contributed by atoms with van der Waals surface area (Å²) in [6.07, 6.45) is 6.05. The van der Waals surface area contributed by atoms with E-state index in [-0.39, 0.29) is 12.0 Å². The van der Waals surface area contributed by atoms with E-state index in [4.69, 9.17) is 4.74 Å². The van der Waals surface area contributed by atoms with Crippen molar-refractivity contribution in [2.45, 2.75) is 44.6 Å². The molecule has 0 bridgehead atoms. The molecule has 4 nitrogen and oxygen atoms in total. The predicted molar refractivity (Wildman–Crippen MR) is 88.9 cm³/mol. The molecule has 1 atom stereocenters. The minimum absolute atomic E-state index is 0.137. The number of ether oxygens (including phenoxy) is 1. The van der Waals surface area contributed by atoms with Crippen LogP contribution < -0.4 is 10.6 Å². The number of aryl methyl sites for hydroxylation is 1. The molecule has 1 aromatic carbocycles. The fraction of sp³-hybridized carbons (Fsp3) is 0.611. The van der Waals surface area contributed by atoms with E-state index in [1.165, 1.54) is 24.0 Å². The number of nitrogens with one attached hydrogen (secondary N) is 2. The van der Waals surface area contributed by atoms with Gasteiger partial charge in [0.25, 0.3) is 0 Å². The van der Waals surface area contributed by atoms with Gasteiger partial charge in [-0.15, -0.1) is 0 Å². The van der Waals surface area contributed by atoms with Gasteiger partial charge in [-0.1, -0.05) is 24.3 Å². The minimum Gasteiger partial charge on any atom is -0.373 e. The van der Waals surface area contributed by atoms with Crippen molar-refractivity contribution < 1.29 is 9.53 Å². The van der Waals surface area contributed by atoms with Gasteiger partial charge < -0.3 is 15.4 Å². The highest BCUT2D eigenvalue weighted by Gasteiger charge is 2.19. The molecule has 1 aliphatic rings. The first-order chi connectivity index (χ1) is 10.8. The van der Waals surface area contributed by atoms with Crippen molar-refractivity contribution >= 4 is 5.91 Å². The molecule has 2 rings (SSSR count). The number of hydrogen-bond acceptors (Lipinski definition) is 3. The number of carbonyl (C=O) groups is 1. The van der Waals surface area contributed by atoms with Crippen molar-refractivity contribution in [2.75, 3.05) is 26.7 Å². The van der Waals surface area contributed by atoms with Crippen LogP contribution in [0.3, 0.4) is 0 Å². The molecule has 22 heavy (non-hydrogen) atoms. The molecule has 0 fully saturated rings. The van der Waals surface area contributed by atoms with Gasteiger partial charge in [-0.3, -0.25) is 4.79 Å². The largest absolute Gasteiger partial charge is 0.373 e. The van der Waals surface area contributed by atoms with Crippen molar-refractivity contribution in [3.05, 3.63) is 35.4 Å². The Morgan fingerprint density at radius 3 is 3.00 bits per heavy atom. The summed E-state index contributed by atoms with van der Waals surface area (Å²) in [6, 6.07) is 8.58. The molecule has 4 heteroatoms. The summed E-state index contributed by atoms with van der Waals surface area (Å²) >= 11 is 0. The molecule has 1 unspecified atom stereocenters. The topological polar surface area (TPSA) is 50.4 Å². The molecule has 0 aromatic heterocycles. The zero-order valence-corrected chi connectivity index (χ0v) is 13.6. The van der Waals surface area contributed by atoms with E-state index in [0.717, 1.165) is 25.8 Å². The van der Waals surface area contributed by atoms with E-state index in [0.29, 0.717) is 19.6 Å². The first-order valence-corrected chi connectivity index (χ1v) is 8.42. The van der Waals surface area contributed by atoms with Crippen molar-refractivity contribution in [1.29, 1.82) is 0 Å². The molecular weight excluding hydrogens is 276 g/mol. The highest BCUT2D eigenvalue weighted by atomic mass is 16.5. The third-order valence-corrected chi connectivity index (χ3v) is 4.11. The van der Waals surface area contributed by atoms with E-state index in [9.17, 15) is 4.79 Å². The Hall–Kier alpha value is -1.39. The van der Waals surface area contributed by atoms with Crippen LogP contribution in [0.5, 0.6) is 0 Å². The van der Waals surface area contributed by atoms with Crippen molar-refractivity contribution in [3.8, 4) is 0 Å². The Balaban J connectivity index is 1.61. The van der Waals surface area contributed by atoms with Crippen LogP contribution in [0.4, 0.5) is 0 Å². The van der Waals surface area contributed by atoms with Gasteiger partial charge in [0.1, 0.15) is 0 Å². The second-order valence-corrected chi connectivity index (χ2v) is 5.86. The van der Waals surface area contributed by atoms with Gasteiger partial charge in [-0.05, 0) is 56.8 Å². The average Bonchev–Trinajstić information content (AvgIpc) is 2.55. The van der Waals surface area contributed by atoms with E-state index >= 15 is 0 Å². The quantitative estimate of drug-likeness (QED) is 0.690. The van der Waals surface area contributed by atoms with Crippen LogP contribution in [-0.2, 0) is 16.0 Å². The predicted octanol–water partition coefficient (Wildman–Crippen LogP) is 2.59. The van der Waals surface area contributed by atoms with E-state index in [1.54, 1.807) is 0 Å². The first kappa shape index (κ1) is 17.0. The fourth-order valence-electron chi connectivity index (χ4n) is 2.92. The Morgan fingerprint density at radius 1 is 1.27 bits per heavy atom. The third-order valence-electron chi connectivity index (χ3n) is 4.11. The van der Waals surface area contributed by atoms with Crippen LogP contribution in [-0.4, -0.2) is 32.7 Å². The lowest BCUT2D eigenvalue weighted by Gasteiger charge is -2.25. The molecule has 0 heterocycles. The van der Waals surface area contributed by atoms with Gasteiger partial charge >= 0.3 is 0 Å². The maximum atomic E-state index is 11.6.